The maximum absolute atomic E-state index is 13.5. The highest BCUT2D eigenvalue weighted by atomic mass is 35.5. The van der Waals surface area contributed by atoms with Gasteiger partial charge >= 0.3 is 18.3 Å². The highest BCUT2D eigenvalue weighted by Crippen LogP contribution is 2.30. The Kier molecular flexibility index (Phi) is 18.9. The summed E-state index contributed by atoms with van der Waals surface area (Å²) in [5.41, 5.74) is 6.51. The number of imide groups is 1. The molecule has 4 amide bonds. The number of nitrogens with zero attached hydrogens (tertiary/aromatic N) is 4. The number of aromatic amines is 1. The van der Waals surface area contributed by atoms with Crippen LogP contribution in [-0.4, -0.2) is 78.2 Å². The number of imidazole rings is 2. The molecule has 328 valence electrons. The molecule has 2 aromatic carbocycles. The maximum atomic E-state index is 13.5. The number of carbonyl (C=O) groups excluding carboxylic acids is 5. The van der Waals surface area contributed by atoms with Crippen LogP contribution in [0.3, 0.4) is 0 Å². The van der Waals surface area contributed by atoms with Gasteiger partial charge in [-0.3, -0.25) is 9.59 Å². The third-order valence-corrected chi connectivity index (χ3v) is 7.82. The molecule has 0 radical (unpaired) electrons. The lowest BCUT2D eigenvalue weighted by molar-refractivity contribution is -0.117. The van der Waals surface area contributed by atoms with Gasteiger partial charge in [-0.25, -0.2) is 28.9 Å². The first-order chi connectivity index (χ1) is 27.5. The van der Waals surface area contributed by atoms with Gasteiger partial charge < -0.3 is 35.6 Å². The summed E-state index contributed by atoms with van der Waals surface area (Å²) in [5.74, 6) is 0.680. The molecule has 60 heavy (non-hydrogen) atoms. The fourth-order valence-electron chi connectivity index (χ4n) is 4.89. The van der Waals surface area contributed by atoms with E-state index >= 15 is 0 Å². The maximum Gasteiger partial charge on any atom is 0.427 e. The van der Waals surface area contributed by atoms with Gasteiger partial charge in [-0.1, -0.05) is 24.3 Å². The predicted octanol–water partition coefficient (Wildman–Crippen LogP) is 10.0. The quantitative estimate of drug-likeness (QED) is 0.0821. The van der Waals surface area contributed by atoms with Crippen molar-refractivity contribution in [3.63, 3.8) is 0 Å². The molecule has 0 fully saturated rings. The molecule has 16 nitrogen and oxygen atoms in total. The summed E-state index contributed by atoms with van der Waals surface area (Å²) in [6, 6.07) is 14.1. The highest BCUT2D eigenvalue weighted by Gasteiger charge is 2.38. The first kappa shape index (κ1) is 50.8. The zero-order valence-electron chi connectivity index (χ0n) is 35.3. The van der Waals surface area contributed by atoms with Crippen LogP contribution in [0, 0.1) is 0 Å². The molecule has 2 aromatic heterocycles. The number of benzene rings is 2. The smallest absolute Gasteiger partial charge is 0.427 e. The van der Waals surface area contributed by atoms with Gasteiger partial charge in [0, 0.05) is 41.5 Å². The molecule has 0 bridgehead atoms. The van der Waals surface area contributed by atoms with Crippen LogP contribution in [0.5, 0.6) is 0 Å². The number of halogens is 3. The van der Waals surface area contributed by atoms with E-state index in [1.165, 1.54) is 6.20 Å². The number of nitrogens with one attached hydrogen (secondary N) is 3. The first-order valence-corrected chi connectivity index (χ1v) is 19.9. The Morgan fingerprint density at radius 2 is 1.12 bits per heavy atom. The van der Waals surface area contributed by atoms with E-state index in [2.05, 4.69) is 25.6 Å². The average Bonchev–Trinajstić information content (AvgIpc) is 3.75. The molecule has 2 heterocycles. The molecule has 0 atom stereocenters. The zero-order valence-corrected chi connectivity index (χ0v) is 37.6. The van der Waals surface area contributed by atoms with E-state index < -0.39 is 35.1 Å². The van der Waals surface area contributed by atoms with Crippen LogP contribution in [-0.2, 0) is 23.8 Å². The van der Waals surface area contributed by atoms with Crippen LogP contribution in [0.2, 0.25) is 0 Å². The van der Waals surface area contributed by atoms with Crippen molar-refractivity contribution in [2.24, 2.45) is 0 Å². The summed E-state index contributed by atoms with van der Waals surface area (Å²) < 4.78 is 17.5. The zero-order chi connectivity index (χ0) is 44.1. The molecule has 0 spiro atoms. The fourth-order valence-corrected chi connectivity index (χ4v) is 5.15. The van der Waals surface area contributed by atoms with Crippen LogP contribution in [0.4, 0.5) is 37.7 Å². The lowest BCUT2D eigenvalue weighted by Crippen LogP contribution is -2.45. The lowest BCUT2D eigenvalue weighted by Gasteiger charge is -2.28. The number of alkyl halides is 2. The normalized spacial score (nSPS) is 11.2. The van der Waals surface area contributed by atoms with Crippen molar-refractivity contribution in [3.8, 4) is 22.5 Å². The molecule has 4 rings (SSSR count). The Bertz CT molecular complexity index is 2020. The number of anilines is 4. The summed E-state index contributed by atoms with van der Waals surface area (Å²) >= 11 is 11.2. The van der Waals surface area contributed by atoms with E-state index in [1.54, 1.807) is 92.8 Å². The molecule has 0 saturated carbocycles. The molecule has 4 aromatic rings. The fraction of sp³-hybridized carbons (Fsp3) is 0.439. The van der Waals surface area contributed by atoms with Crippen LogP contribution in [0.15, 0.2) is 60.9 Å². The number of carbonyl (C=O) groups is 5. The number of nitrogen functional groups attached to an aromatic ring is 1. The molecule has 0 unspecified atom stereocenters. The van der Waals surface area contributed by atoms with Gasteiger partial charge in [-0.05, 0) is 105 Å². The van der Waals surface area contributed by atoms with Crippen LogP contribution < -0.4 is 21.3 Å². The second-order valence-electron chi connectivity index (χ2n) is 16.1. The summed E-state index contributed by atoms with van der Waals surface area (Å²) in [5, 5.41) is 5.59. The first-order valence-electron chi connectivity index (χ1n) is 18.8. The Labute approximate surface area is 366 Å². The van der Waals surface area contributed by atoms with Crippen molar-refractivity contribution < 1.29 is 38.2 Å². The molecule has 0 aliphatic heterocycles. The lowest BCUT2D eigenvalue weighted by atomic mass is 10.1. The molecular weight excluding hydrogens is 839 g/mol. The summed E-state index contributed by atoms with van der Waals surface area (Å²) in [7, 11) is 0. The van der Waals surface area contributed by atoms with Crippen LogP contribution in [0.25, 0.3) is 22.5 Å². The Morgan fingerprint density at radius 3 is 1.50 bits per heavy atom. The van der Waals surface area contributed by atoms with E-state index in [0.717, 1.165) is 21.5 Å². The number of hydrogen-bond donors (Lipinski definition) is 4. The van der Waals surface area contributed by atoms with Gasteiger partial charge in [-0.2, -0.15) is 0 Å². The van der Waals surface area contributed by atoms with Crippen molar-refractivity contribution in [2.75, 3.05) is 33.0 Å². The van der Waals surface area contributed by atoms with Crippen molar-refractivity contribution >= 4 is 89.0 Å². The third-order valence-electron chi connectivity index (χ3n) is 7.29. The van der Waals surface area contributed by atoms with Crippen LogP contribution in [0.1, 0.15) is 88.0 Å². The van der Waals surface area contributed by atoms with Crippen molar-refractivity contribution in [1.29, 1.82) is 0 Å². The minimum Gasteiger partial charge on any atom is -0.443 e. The standard InChI is InChI=1S/C28H39ClN4O7.C13H15ClN4O.ClH/c1-26(2,3)38-23(35)32-20(18-12-14-19(15-13-18)31-21(34)11-10-16-29)17-30-22(32)33(24(36)39-27(4,5)6)25(37)40-28(7,8)9;14-7-1-2-12(19)17-10-5-3-9(4-6-10)11-8-16-13(15)18-11;/h12-15,17H,10-11,16H2,1-9H3,(H,31,34);3-6,8H,1-2,7H2,(H,17,19)(H3,15,16,18);1H. The van der Waals surface area contributed by atoms with Gasteiger partial charge in [0.25, 0.3) is 0 Å². The molecule has 5 N–H and O–H groups in total. The van der Waals surface area contributed by atoms with Gasteiger partial charge in [-0.15, -0.1) is 40.5 Å². The number of rotatable bonds is 11. The second kappa shape index (κ2) is 22.3. The number of hydrogen-bond acceptors (Lipinski definition) is 11. The molecule has 0 saturated heterocycles. The van der Waals surface area contributed by atoms with Gasteiger partial charge in [0.05, 0.1) is 23.8 Å². The second-order valence-corrected chi connectivity index (χ2v) is 16.8. The topological polar surface area (TPSA) is 213 Å². The van der Waals surface area contributed by atoms with E-state index in [4.69, 9.17) is 43.1 Å². The van der Waals surface area contributed by atoms with Crippen molar-refractivity contribution in [1.82, 2.24) is 19.5 Å². The van der Waals surface area contributed by atoms with Gasteiger partial charge in [0.2, 0.25) is 17.8 Å². The van der Waals surface area contributed by atoms with Crippen molar-refractivity contribution in [2.45, 2.75) is 105 Å². The molecular formula is C41H55Cl3N8O8. The SMILES string of the molecule is CC(C)(C)OC(=O)N(C(=O)OC(C)(C)C)c1ncc(-c2ccc(NC(=O)CCCCl)cc2)n1C(=O)OC(C)(C)C.Cl.Nc1ncc(-c2ccc(NC(=O)CCCCl)cc2)[nH]1. The molecule has 0 aliphatic carbocycles. The molecule has 19 heteroatoms. The van der Waals surface area contributed by atoms with Crippen molar-refractivity contribution in [3.05, 3.63) is 60.9 Å². The van der Waals surface area contributed by atoms with E-state index in [-0.39, 0.29) is 42.3 Å². The third kappa shape index (κ3) is 16.7. The molecule has 0 aliphatic rings. The summed E-state index contributed by atoms with van der Waals surface area (Å²) in [4.78, 5) is 75.3. The minimum absolute atomic E-state index is 0. The Hall–Kier alpha value is -5.32. The summed E-state index contributed by atoms with van der Waals surface area (Å²) in [6.45, 7) is 14.9. The van der Waals surface area contributed by atoms with E-state index in [9.17, 15) is 24.0 Å². The number of nitrogens with two attached hydrogens (primary N) is 1. The number of ether oxygens (including phenoxy) is 3. The average molecular weight is 894 g/mol. The predicted molar refractivity (Wildman–Crippen MR) is 237 cm³/mol. The Morgan fingerprint density at radius 1 is 0.683 bits per heavy atom. The van der Waals surface area contributed by atoms with Gasteiger partial charge in [0.1, 0.15) is 16.8 Å². The van der Waals surface area contributed by atoms with E-state index in [0.29, 0.717) is 53.1 Å². The largest absolute Gasteiger partial charge is 0.443 e. The van der Waals surface area contributed by atoms with E-state index in [1.807, 2.05) is 24.3 Å². The minimum atomic E-state index is -1.08. The number of amides is 4. The summed E-state index contributed by atoms with van der Waals surface area (Å²) in [6.07, 6.45) is 1.89. The highest BCUT2D eigenvalue weighted by molar-refractivity contribution is 6.18. The van der Waals surface area contributed by atoms with Gasteiger partial charge in [0.15, 0.2) is 5.95 Å². The number of H-pyrrole nitrogens is 1. The monoisotopic (exact) mass is 892 g/mol. The Balaban J connectivity index is 0.000000516. The number of aromatic nitrogens is 4. The van der Waals surface area contributed by atoms with Crippen LogP contribution >= 0.6 is 35.6 Å².